The van der Waals surface area contributed by atoms with Gasteiger partial charge in [0.15, 0.2) is 7.43 Å². The third-order valence-corrected chi connectivity index (χ3v) is 5.90. The quantitative estimate of drug-likeness (QED) is 0.581. The van der Waals surface area contributed by atoms with Crippen LogP contribution < -0.4 is 9.61 Å². The van der Waals surface area contributed by atoms with Crippen LogP contribution in [0.1, 0.15) is 13.8 Å². The molecule has 2 rings (SSSR count). The van der Waals surface area contributed by atoms with E-state index in [1.807, 2.05) is 49.1 Å². The van der Waals surface area contributed by atoms with Crippen LogP contribution in [0.15, 0.2) is 59.3 Å². The minimum Gasteiger partial charge on any atom is -0.465 e. The molecule has 2 aromatic carbocycles. The van der Waals surface area contributed by atoms with Crippen LogP contribution in [-0.4, -0.2) is 32.3 Å². The highest BCUT2D eigenvalue weighted by Gasteiger charge is 2.23. The molecule has 2 aromatic rings. The van der Waals surface area contributed by atoms with Crippen LogP contribution in [0.25, 0.3) is 11.1 Å². The number of rotatable bonds is 7. The lowest BCUT2D eigenvalue weighted by Gasteiger charge is -2.25. The number of hydrogen-bond donors (Lipinski definition) is 1. The number of hydrogen-bond acceptors (Lipinski definition) is 4. The SMILES string of the molecule is CCOC(=O)C(C)NP(C)(=NC)Oc1ccc(-c2ccccc2)cc1. The van der Waals surface area contributed by atoms with Crippen molar-refractivity contribution in [2.45, 2.75) is 19.9 Å². The summed E-state index contributed by atoms with van der Waals surface area (Å²) >= 11 is 0. The van der Waals surface area contributed by atoms with E-state index >= 15 is 0 Å². The standard InChI is InChI=1S/C19H25N2O3P/c1-5-23-19(22)15(2)21-25(4,20-3)24-18-13-11-17(12-14-18)16-9-7-6-8-10-16/h6-15,21H,5H2,1-4H3. The van der Waals surface area contributed by atoms with Gasteiger partial charge in [0, 0.05) is 13.7 Å². The third kappa shape index (κ3) is 5.45. The van der Waals surface area contributed by atoms with E-state index in [0.717, 1.165) is 11.1 Å². The van der Waals surface area contributed by atoms with Crippen LogP contribution in [0, 0.1) is 0 Å². The summed E-state index contributed by atoms with van der Waals surface area (Å²) in [5.41, 5.74) is 2.27. The number of carbonyl (C=O) groups is 1. The summed E-state index contributed by atoms with van der Waals surface area (Å²) in [5.74, 6) is 0.407. The molecule has 5 nitrogen and oxygen atoms in total. The topological polar surface area (TPSA) is 59.9 Å². The zero-order valence-corrected chi connectivity index (χ0v) is 16.0. The molecule has 2 unspecified atom stereocenters. The Balaban J connectivity index is 2.09. The number of nitrogens with zero attached hydrogens (tertiary/aromatic N) is 1. The Morgan fingerprint density at radius 1 is 1.12 bits per heavy atom. The number of ether oxygens (including phenoxy) is 1. The summed E-state index contributed by atoms with van der Waals surface area (Å²) in [6.45, 7) is 5.77. The molecule has 0 spiro atoms. The molecular formula is C19H25N2O3P. The fourth-order valence-electron chi connectivity index (χ4n) is 2.35. The smallest absolute Gasteiger partial charge is 0.323 e. The van der Waals surface area contributed by atoms with Crippen LogP contribution in [0.3, 0.4) is 0 Å². The van der Waals surface area contributed by atoms with E-state index in [2.05, 4.69) is 22.0 Å². The lowest BCUT2D eigenvalue weighted by molar-refractivity contribution is -0.144. The van der Waals surface area contributed by atoms with Gasteiger partial charge in [0.1, 0.15) is 11.8 Å². The second-order valence-electron chi connectivity index (χ2n) is 5.66. The average molecular weight is 360 g/mol. The van der Waals surface area contributed by atoms with Crippen molar-refractivity contribution in [3.05, 3.63) is 54.6 Å². The van der Waals surface area contributed by atoms with Gasteiger partial charge in [-0.1, -0.05) is 42.5 Å². The Hall–Kier alpha value is -2.10. The summed E-state index contributed by atoms with van der Waals surface area (Å²) < 4.78 is 15.4. The first-order valence-corrected chi connectivity index (χ1v) is 10.4. The minimum absolute atomic E-state index is 0.305. The maximum atomic E-state index is 11.8. The molecule has 0 aliphatic carbocycles. The lowest BCUT2D eigenvalue weighted by atomic mass is 10.1. The Labute approximate surface area is 149 Å². The van der Waals surface area contributed by atoms with E-state index in [0.29, 0.717) is 12.4 Å². The predicted molar refractivity (Wildman–Crippen MR) is 103 cm³/mol. The van der Waals surface area contributed by atoms with Crippen molar-refractivity contribution in [3.8, 4) is 16.9 Å². The summed E-state index contributed by atoms with van der Waals surface area (Å²) in [6.07, 6.45) is 0. The van der Waals surface area contributed by atoms with E-state index in [-0.39, 0.29) is 5.97 Å². The van der Waals surface area contributed by atoms with E-state index in [9.17, 15) is 4.79 Å². The molecule has 0 heterocycles. The molecule has 0 aliphatic rings. The van der Waals surface area contributed by atoms with Crippen molar-refractivity contribution >= 4 is 13.4 Å². The Kier molecular flexibility index (Phi) is 6.80. The minimum atomic E-state index is -2.32. The van der Waals surface area contributed by atoms with Crippen molar-refractivity contribution in [1.82, 2.24) is 5.09 Å². The molecule has 0 saturated heterocycles. The molecule has 0 fully saturated rings. The van der Waals surface area contributed by atoms with Gasteiger partial charge in [-0.15, -0.1) is 0 Å². The molecular weight excluding hydrogens is 335 g/mol. The van der Waals surface area contributed by atoms with E-state index in [1.54, 1.807) is 20.9 Å². The number of nitrogens with one attached hydrogen (secondary N) is 1. The van der Waals surface area contributed by atoms with Crippen LogP contribution >= 0.6 is 7.43 Å². The molecule has 0 amide bonds. The summed E-state index contributed by atoms with van der Waals surface area (Å²) in [7, 11) is -0.627. The van der Waals surface area contributed by atoms with Crippen molar-refractivity contribution in [2.24, 2.45) is 4.74 Å². The van der Waals surface area contributed by atoms with Crippen LogP contribution in [-0.2, 0) is 9.53 Å². The van der Waals surface area contributed by atoms with Crippen LogP contribution in [0.2, 0.25) is 0 Å². The highest BCUT2D eigenvalue weighted by Crippen LogP contribution is 2.43. The largest absolute Gasteiger partial charge is 0.465 e. The monoisotopic (exact) mass is 360 g/mol. The second kappa shape index (κ2) is 8.84. The maximum Gasteiger partial charge on any atom is 0.323 e. The Bertz CT molecular complexity index is 745. The van der Waals surface area contributed by atoms with Crippen molar-refractivity contribution in [3.63, 3.8) is 0 Å². The zero-order chi connectivity index (χ0) is 18.3. The lowest BCUT2D eigenvalue weighted by Crippen LogP contribution is -2.34. The molecule has 2 atom stereocenters. The molecule has 0 saturated carbocycles. The first-order valence-electron chi connectivity index (χ1n) is 8.25. The summed E-state index contributed by atoms with van der Waals surface area (Å²) in [5, 5.41) is 3.17. The van der Waals surface area contributed by atoms with Crippen LogP contribution in [0.4, 0.5) is 0 Å². The number of carbonyl (C=O) groups excluding carboxylic acids is 1. The molecule has 0 bridgehead atoms. The summed E-state index contributed by atoms with van der Waals surface area (Å²) in [4.78, 5) is 11.8. The molecule has 0 radical (unpaired) electrons. The molecule has 25 heavy (non-hydrogen) atoms. The van der Waals surface area contributed by atoms with Crippen LogP contribution in [0.5, 0.6) is 5.75 Å². The van der Waals surface area contributed by atoms with Gasteiger partial charge in [0.05, 0.1) is 6.61 Å². The fourth-order valence-corrected chi connectivity index (χ4v) is 3.95. The molecule has 0 aromatic heterocycles. The highest BCUT2D eigenvalue weighted by atomic mass is 31.2. The Morgan fingerprint density at radius 2 is 1.72 bits per heavy atom. The van der Waals surface area contributed by atoms with Crippen molar-refractivity contribution in [1.29, 1.82) is 0 Å². The third-order valence-electron chi connectivity index (χ3n) is 3.70. The molecule has 0 aliphatic heterocycles. The second-order valence-corrected chi connectivity index (χ2v) is 8.26. The van der Waals surface area contributed by atoms with Gasteiger partial charge in [-0.05, 0) is 37.1 Å². The first-order chi connectivity index (χ1) is 12.0. The molecule has 1 N–H and O–H groups in total. The highest BCUT2D eigenvalue weighted by molar-refractivity contribution is 7.59. The van der Waals surface area contributed by atoms with Gasteiger partial charge in [0.2, 0.25) is 0 Å². The summed E-state index contributed by atoms with van der Waals surface area (Å²) in [6, 6.07) is 17.5. The maximum absolute atomic E-state index is 11.8. The van der Waals surface area contributed by atoms with Gasteiger partial charge in [-0.2, -0.15) is 0 Å². The van der Waals surface area contributed by atoms with E-state index < -0.39 is 13.5 Å². The Morgan fingerprint density at radius 3 is 2.28 bits per heavy atom. The number of benzene rings is 2. The molecule has 134 valence electrons. The zero-order valence-electron chi connectivity index (χ0n) is 15.1. The van der Waals surface area contributed by atoms with Gasteiger partial charge in [-0.3, -0.25) is 9.54 Å². The van der Waals surface area contributed by atoms with Crippen molar-refractivity contribution in [2.75, 3.05) is 20.3 Å². The van der Waals surface area contributed by atoms with Crippen molar-refractivity contribution < 1.29 is 14.1 Å². The normalized spacial score (nSPS) is 14.2. The van der Waals surface area contributed by atoms with E-state index in [4.69, 9.17) is 9.26 Å². The van der Waals surface area contributed by atoms with E-state index in [1.165, 1.54) is 0 Å². The predicted octanol–water partition coefficient (Wildman–Crippen LogP) is 4.56. The molecule has 6 heteroatoms. The van der Waals surface area contributed by atoms with Gasteiger partial charge >= 0.3 is 5.97 Å². The fraction of sp³-hybridized carbons (Fsp3) is 0.316. The van der Waals surface area contributed by atoms with Gasteiger partial charge < -0.3 is 9.26 Å². The first kappa shape index (κ1) is 19.2. The van der Waals surface area contributed by atoms with Gasteiger partial charge in [0.25, 0.3) is 0 Å². The number of esters is 1. The van der Waals surface area contributed by atoms with Gasteiger partial charge in [-0.25, -0.2) is 5.09 Å². The average Bonchev–Trinajstić information content (AvgIpc) is 2.63.